The molecule has 0 aliphatic heterocycles. The van der Waals surface area contributed by atoms with Gasteiger partial charge in [0, 0.05) is 11.6 Å². The maximum absolute atomic E-state index is 11.5. The van der Waals surface area contributed by atoms with E-state index in [0.717, 1.165) is 0 Å². The lowest BCUT2D eigenvalue weighted by atomic mass is 9.91. The van der Waals surface area contributed by atoms with Gasteiger partial charge in [0.15, 0.2) is 0 Å². The Hall–Kier alpha value is -2.17. The van der Waals surface area contributed by atoms with Crippen LogP contribution in [0.15, 0.2) is 49.1 Å². The van der Waals surface area contributed by atoms with Crippen molar-refractivity contribution in [3.05, 3.63) is 59.2 Å². The number of carbonyl (C=O) groups excluding carboxylic acids is 1. The molecule has 5 nitrogen and oxygen atoms in total. The smallest absolute Gasteiger partial charge is 0.388 e. The number of carbonyl (C=O) groups is 1. The molecule has 0 bridgehead atoms. The lowest BCUT2D eigenvalue weighted by molar-refractivity contribution is -0.611. The van der Waals surface area contributed by atoms with E-state index in [1.165, 1.54) is 25.2 Å². The lowest BCUT2D eigenvalue weighted by Gasteiger charge is -2.27. The van der Waals surface area contributed by atoms with Crippen LogP contribution in [0.4, 0.5) is 0 Å². The van der Waals surface area contributed by atoms with Crippen LogP contribution >= 0.6 is 0 Å². The molecule has 5 heteroatoms. The van der Waals surface area contributed by atoms with Crippen LogP contribution in [0.1, 0.15) is 6.92 Å². The molecular weight excluding hydrogens is 222 g/mol. The van der Waals surface area contributed by atoms with Gasteiger partial charge >= 0.3 is 11.7 Å². The second-order valence-electron chi connectivity index (χ2n) is 3.68. The number of allylic oxidation sites excluding steroid dienone is 2. The lowest BCUT2D eigenvalue weighted by Crippen LogP contribution is -2.47. The Morgan fingerprint density at radius 2 is 2.24 bits per heavy atom. The molecule has 2 unspecified atom stereocenters. The summed E-state index contributed by atoms with van der Waals surface area (Å²) in [7, 11) is 0. The third kappa shape index (κ3) is 2.33. The maximum Gasteiger partial charge on any atom is 0.395 e. The van der Waals surface area contributed by atoms with E-state index in [2.05, 4.69) is 13.2 Å². The van der Waals surface area contributed by atoms with Crippen molar-refractivity contribution >= 4 is 5.97 Å². The average molecular weight is 235 g/mol. The summed E-state index contributed by atoms with van der Waals surface area (Å²) in [6.45, 7) is 8.34. The van der Waals surface area contributed by atoms with Gasteiger partial charge < -0.3 is 4.74 Å². The van der Waals surface area contributed by atoms with E-state index in [0.29, 0.717) is 0 Å². The van der Waals surface area contributed by atoms with Crippen LogP contribution in [-0.2, 0) is 9.53 Å². The normalized spacial score (nSPS) is 26.3. The molecular formula is C12H13NO4. The minimum absolute atomic E-state index is 0.108. The molecule has 1 aliphatic carbocycles. The summed E-state index contributed by atoms with van der Waals surface area (Å²) >= 11 is 0. The van der Waals surface area contributed by atoms with Crippen molar-refractivity contribution < 1.29 is 14.5 Å². The largest absolute Gasteiger partial charge is 0.395 e. The minimum Gasteiger partial charge on any atom is -0.388 e. The summed E-state index contributed by atoms with van der Waals surface area (Å²) in [5.74, 6) is -1.50. The van der Waals surface area contributed by atoms with E-state index < -0.39 is 22.5 Å². The van der Waals surface area contributed by atoms with E-state index in [1.807, 2.05) is 0 Å². The summed E-state index contributed by atoms with van der Waals surface area (Å²) in [4.78, 5) is 22.0. The van der Waals surface area contributed by atoms with Crippen molar-refractivity contribution in [2.75, 3.05) is 0 Å². The Kier molecular flexibility index (Phi) is 3.62. The van der Waals surface area contributed by atoms with E-state index in [-0.39, 0.29) is 5.57 Å². The highest BCUT2D eigenvalue weighted by Gasteiger charge is 2.51. The van der Waals surface area contributed by atoms with Gasteiger partial charge in [-0.25, -0.2) is 4.79 Å². The van der Waals surface area contributed by atoms with E-state index in [9.17, 15) is 14.9 Å². The SMILES string of the molecule is C=CC1C=CC=CC1(OC(=O)C(=C)C)[N+](=O)[O-]. The molecule has 0 aromatic heterocycles. The van der Waals surface area contributed by atoms with Crippen molar-refractivity contribution in [1.29, 1.82) is 0 Å². The molecule has 0 saturated carbocycles. The summed E-state index contributed by atoms with van der Waals surface area (Å²) in [5, 5.41) is 11.2. The predicted octanol–water partition coefficient (Wildman–Crippen LogP) is 2.01. The Labute approximate surface area is 98.9 Å². The highest BCUT2D eigenvalue weighted by molar-refractivity contribution is 5.87. The first-order chi connectivity index (χ1) is 7.94. The zero-order chi connectivity index (χ0) is 13.1. The number of nitrogens with zero attached hydrogens (tertiary/aromatic N) is 1. The molecule has 0 fully saturated rings. The highest BCUT2D eigenvalue weighted by atomic mass is 16.7. The fraction of sp³-hybridized carbons (Fsp3) is 0.250. The van der Waals surface area contributed by atoms with Crippen LogP contribution in [0.25, 0.3) is 0 Å². The number of esters is 1. The Balaban J connectivity index is 3.13. The molecule has 0 aromatic carbocycles. The number of hydrogen-bond donors (Lipinski definition) is 0. The van der Waals surface area contributed by atoms with Gasteiger partial charge in [-0.1, -0.05) is 30.9 Å². The molecule has 0 N–H and O–H groups in total. The Morgan fingerprint density at radius 3 is 2.71 bits per heavy atom. The van der Waals surface area contributed by atoms with Gasteiger partial charge in [0.25, 0.3) is 0 Å². The van der Waals surface area contributed by atoms with Gasteiger partial charge in [-0.05, 0) is 6.92 Å². The average Bonchev–Trinajstić information content (AvgIpc) is 2.29. The molecule has 0 heterocycles. The third-order valence-corrected chi connectivity index (χ3v) is 2.39. The van der Waals surface area contributed by atoms with Gasteiger partial charge in [-0.15, -0.1) is 6.58 Å². The van der Waals surface area contributed by atoms with Crippen molar-refractivity contribution in [2.24, 2.45) is 5.92 Å². The number of rotatable bonds is 4. The van der Waals surface area contributed by atoms with Crippen LogP contribution in [-0.4, -0.2) is 16.6 Å². The van der Waals surface area contributed by atoms with E-state index in [1.54, 1.807) is 12.2 Å². The van der Waals surface area contributed by atoms with Gasteiger partial charge in [-0.2, -0.15) is 0 Å². The van der Waals surface area contributed by atoms with Crippen molar-refractivity contribution in [1.82, 2.24) is 0 Å². The minimum atomic E-state index is -1.92. The zero-order valence-electron chi connectivity index (χ0n) is 9.46. The van der Waals surface area contributed by atoms with Crippen LogP contribution in [0.5, 0.6) is 0 Å². The first-order valence-electron chi connectivity index (χ1n) is 4.96. The summed E-state index contributed by atoms with van der Waals surface area (Å²) < 4.78 is 4.96. The zero-order valence-corrected chi connectivity index (χ0v) is 9.46. The maximum atomic E-state index is 11.5. The summed E-state index contributed by atoms with van der Waals surface area (Å²) in [6.07, 6.45) is 7.27. The molecule has 0 radical (unpaired) electrons. The second kappa shape index (κ2) is 4.78. The molecule has 1 rings (SSSR count). The number of ether oxygens (including phenoxy) is 1. The molecule has 0 saturated heterocycles. The van der Waals surface area contributed by atoms with E-state index in [4.69, 9.17) is 4.74 Å². The highest BCUT2D eigenvalue weighted by Crippen LogP contribution is 2.30. The van der Waals surface area contributed by atoms with Crippen molar-refractivity contribution in [2.45, 2.75) is 12.6 Å². The fourth-order valence-corrected chi connectivity index (χ4v) is 1.43. The summed E-state index contributed by atoms with van der Waals surface area (Å²) in [6, 6.07) is 0. The van der Waals surface area contributed by atoms with Gasteiger partial charge in [0.2, 0.25) is 0 Å². The Bertz CT molecular complexity index is 436. The van der Waals surface area contributed by atoms with Crippen LogP contribution in [0, 0.1) is 16.0 Å². The van der Waals surface area contributed by atoms with Gasteiger partial charge in [0.1, 0.15) is 5.92 Å². The quantitative estimate of drug-likeness (QED) is 0.187. The molecule has 17 heavy (non-hydrogen) atoms. The standard InChI is InChI=1S/C12H13NO4/c1-4-10-7-5-6-8-12(10,13(15)16)17-11(14)9(2)3/h4-8,10H,1-2H2,3H3. The van der Waals surface area contributed by atoms with E-state index >= 15 is 0 Å². The molecule has 2 atom stereocenters. The molecule has 1 aliphatic rings. The van der Waals surface area contributed by atoms with Crippen LogP contribution in [0.2, 0.25) is 0 Å². The van der Waals surface area contributed by atoms with Crippen LogP contribution in [0.3, 0.4) is 0 Å². The Morgan fingerprint density at radius 1 is 1.59 bits per heavy atom. The summed E-state index contributed by atoms with van der Waals surface area (Å²) in [5.41, 5.74) is -1.82. The monoisotopic (exact) mass is 235 g/mol. The van der Waals surface area contributed by atoms with Crippen molar-refractivity contribution in [3.63, 3.8) is 0 Å². The first kappa shape index (κ1) is 12.9. The first-order valence-corrected chi connectivity index (χ1v) is 4.96. The fourth-order valence-electron chi connectivity index (χ4n) is 1.43. The van der Waals surface area contributed by atoms with Gasteiger partial charge in [0.05, 0.1) is 4.92 Å². The van der Waals surface area contributed by atoms with Crippen LogP contribution < -0.4 is 0 Å². The topological polar surface area (TPSA) is 69.4 Å². The molecule has 0 amide bonds. The van der Waals surface area contributed by atoms with Gasteiger partial charge in [-0.3, -0.25) is 10.1 Å². The second-order valence-corrected chi connectivity index (χ2v) is 3.68. The number of nitro groups is 1. The third-order valence-electron chi connectivity index (χ3n) is 2.39. The molecule has 0 spiro atoms. The molecule has 90 valence electrons. The predicted molar refractivity (Wildman–Crippen MR) is 62.6 cm³/mol. The molecule has 0 aromatic rings. The number of hydrogen-bond acceptors (Lipinski definition) is 4. The van der Waals surface area contributed by atoms with Crippen molar-refractivity contribution in [3.8, 4) is 0 Å².